The molecule has 0 saturated heterocycles. The average Bonchev–Trinajstić information content (AvgIpc) is 3.59. The Kier molecular flexibility index (Phi) is 15.9. The number of rotatable bonds is 21. The molecule has 0 aliphatic rings. The maximum Gasteiger partial charge on any atom is 0.406 e. The minimum Gasteiger partial charge on any atom is -0.464 e. The number of benzene rings is 1. The van der Waals surface area contributed by atoms with Crippen LogP contribution >= 0.6 is 7.75 Å². The molecule has 2 aromatic heterocycles. The van der Waals surface area contributed by atoms with Crippen LogP contribution in [0.4, 0.5) is 5.82 Å². The van der Waals surface area contributed by atoms with Crippen molar-refractivity contribution in [2.45, 2.75) is 91.8 Å². The van der Waals surface area contributed by atoms with E-state index in [2.05, 4.69) is 15.2 Å². The molecule has 0 bridgehead atoms. The van der Waals surface area contributed by atoms with Crippen molar-refractivity contribution in [1.82, 2.24) is 19.7 Å². The highest BCUT2D eigenvalue weighted by Crippen LogP contribution is 2.47. The van der Waals surface area contributed by atoms with Gasteiger partial charge in [0.15, 0.2) is 18.0 Å². The summed E-state index contributed by atoms with van der Waals surface area (Å²) in [5.41, 5.74) is 4.88. The second-order valence-electron chi connectivity index (χ2n) is 13.1. The summed E-state index contributed by atoms with van der Waals surface area (Å²) in [6, 6.07) is 12.7. The number of nitrogens with zero attached hydrogens (tertiary/aromatic N) is 4. The largest absolute Gasteiger partial charge is 0.464 e. The number of hydrogen-bond acceptors (Lipinski definition) is 14. The first-order chi connectivity index (χ1) is 25.1. The van der Waals surface area contributed by atoms with Gasteiger partial charge >= 0.3 is 25.7 Å². The molecule has 17 heteroatoms. The van der Waals surface area contributed by atoms with E-state index in [1.54, 1.807) is 64.1 Å². The molecular weight excluding hydrogens is 707 g/mol. The second kappa shape index (κ2) is 19.6. The number of esters is 3. The van der Waals surface area contributed by atoms with Crippen molar-refractivity contribution >= 4 is 37.0 Å². The molecule has 53 heavy (non-hydrogen) atoms. The van der Waals surface area contributed by atoms with Gasteiger partial charge in [-0.05, 0) is 30.5 Å². The Bertz CT molecular complexity index is 1760. The zero-order chi connectivity index (χ0) is 39.3. The molecule has 0 aliphatic heterocycles. The number of fused-ring (bicyclic) bond motifs is 1. The number of carbonyl (C=O) groups excluding carboxylic acids is 3. The fraction of sp³-hybridized carbons (Fsp3) is 0.556. The summed E-state index contributed by atoms with van der Waals surface area (Å²) in [5.74, 6) is -3.29. The van der Waals surface area contributed by atoms with Crippen molar-refractivity contribution in [1.29, 1.82) is 5.26 Å². The predicted octanol–water partition coefficient (Wildman–Crippen LogP) is 5.33. The van der Waals surface area contributed by atoms with Crippen LogP contribution in [0.2, 0.25) is 0 Å². The third-order valence-corrected chi connectivity index (χ3v) is 10.2. The molecule has 0 saturated carbocycles. The van der Waals surface area contributed by atoms with Crippen LogP contribution in [0.1, 0.15) is 78.7 Å². The Balaban J connectivity index is 2.10. The van der Waals surface area contributed by atoms with E-state index in [4.69, 9.17) is 33.7 Å². The number of hydrogen-bond donors (Lipinski definition) is 2. The summed E-state index contributed by atoms with van der Waals surface area (Å²) in [5, 5.41) is 17.7. The van der Waals surface area contributed by atoms with Gasteiger partial charge in [-0.25, -0.2) is 19.2 Å². The smallest absolute Gasteiger partial charge is 0.406 e. The van der Waals surface area contributed by atoms with Gasteiger partial charge in [0.05, 0.1) is 30.7 Å². The zero-order valence-corrected chi connectivity index (χ0v) is 32.4. The maximum atomic E-state index is 14.5. The summed E-state index contributed by atoms with van der Waals surface area (Å²) >= 11 is 0. The van der Waals surface area contributed by atoms with E-state index in [1.165, 1.54) is 23.8 Å². The van der Waals surface area contributed by atoms with Gasteiger partial charge in [-0.2, -0.15) is 10.4 Å². The first kappa shape index (κ1) is 43.0. The highest BCUT2D eigenvalue weighted by molar-refractivity contribution is 7.51. The Labute approximate surface area is 310 Å². The van der Waals surface area contributed by atoms with Gasteiger partial charge in [0.1, 0.15) is 30.6 Å². The lowest BCUT2D eigenvalue weighted by Crippen LogP contribution is -2.53. The normalized spacial score (nSPS) is 15.7. The number of anilines is 1. The standard InChI is InChI=1S/C36H51N6O10P/c1-9-26(10-2)18-48-35(45)25(7)41-53(46,49-19-27-14-12-11-13-15-27)50-21-36(20-37,47-8)31(52-34(44)24(5)6)30(51-33(43)23(3)4)28-16-17-29-32(38)39-22-40-42(28)29/h11-17,22-26,30-31H,9-10,18-19,21H2,1-8H3,(H,41,46)(H2,38,39,40)/t25-,30-,31-,36?,53?/m0/s1. The molecule has 290 valence electrons. The summed E-state index contributed by atoms with van der Waals surface area (Å²) in [4.78, 5) is 43.6. The fourth-order valence-electron chi connectivity index (χ4n) is 4.95. The number of nitriles is 1. The van der Waals surface area contributed by atoms with Crippen molar-refractivity contribution in [2.75, 3.05) is 26.1 Å². The van der Waals surface area contributed by atoms with E-state index in [-0.39, 0.29) is 30.6 Å². The number of nitrogens with one attached hydrogen (secondary N) is 1. The van der Waals surface area contributed by atoms with Crippen LogP contribution in [-0.2, 0) is 53.6 Å². The van der Waals surface area contributed by atoms with Gasteiger partial charge in [0.25, 0.3) is 0 Å². The Morgan fingerprint density at radius 3 is 2.19 bits per heavy atom. The molecule has 3 N–H and O–H groups in total. The van der Waals surface area contributed by atoms with Crippen LogP contribution in [0.25, 0.3) is 5.52 Å². The molecule has 16 nitrogen and oxygen atoms in total. The van der Waals surface area contributed by atoms with Gasteiger partial charge < -0.3 is 24.7 Å². The van der Waals surface area contributed by atoms with Crippen molar-refractivity contribution in [3.63, 3.8) is 0 Å². The van der Waals surface area contributed by atoms with Crippen molar-refractivity contribution in [3.05, 3.63) is 60.0 Å². The number of carbonyl (C=O) groups is 3. The van der Waals surface area contributed by atoms with Crippen molar-refractivity contribution < 1.29 is 46.9 Å². The lowest BCUT2D eigenvalue weighted by molar-refractivity contribution is -0.197. The predicted molar refractivity (Wildman–Crippen MR) is 194 cm³/mol. The quantitative estimate of drug-likeness (QED) is 0.0798. The molecule has 0 radical (unpaired) electrons. The molecule has 2 unspecified atom stereocenters. The number of aromatic nitrogens is 3. The maximum absolute atomic E-state index is 14.5. The van der Waals surface area contributed by atoms with Gasteiger partial charge in [-0.3, -0.25) is 23.4 Å². The Morgan fingerprint density at radius 1 is 0.962 bits per heavy atom. The SMILES string of the molecule is CCC(CC)COC(=O)[C@H](C)NP(=O)(OCc1ccccc1)OCC(C#N)(OC)[C@@H](OC(=O)C(C)C)[C@@H](OC(=O)C(C)C)c1ccc2c(N)ncnn12. The molecule has 3 rings (SSSR count). The minimum atomic E-state index is -4.52. The number of nitrogen functional groups attached to an aromatic ring is 1. The van der Waals surface area contributed by atoms with Gasteiger partial charge in [0, 0.05) is 7.11 Å². The Morgan fingerprint density at radius 2 is 1.60 bits per heavy atom. The van der Waals surface area contributed by atoms with E-state index in [9.17, 15) is 24.2 Å². The van der Waals surface area contributed by atoms with E-state index in [0.717, 1.165) is 20.0 Å². The second-order valence-corrected chi connectivity index (χ2v) is 14.9. The van der Waals surface area contributed by atoms with Crippen LogP contribution in [-0.4, -0.2) is 70.6 Å². The van der Waals surface area contributed by atoms with Gasteiger partial charge in [-0.15, -0.1) is 0 Å². The van der Waals surface area contributed by atoms with Gasteiger partial charge in [-0.1, -0.05) is 84.7 Å². The van der Waals surface area contributed by atoms with Crippen LogP contribution in [0.5, 0.6) is 0 Å². The third-order valence-electron chi connectivity index (χ3n) is 8.53. The van der Waals surface area contributed by atoms with E-state index < -0.39 is 67.9 Å². The molecule has 0 amide bonds. The van der Waals surface area contributed by atoms with E-state index in [1.807, 2.05) is 19.9 Å². The summed E-state index contributed by atoms with van der Waals surface area (Å²) in [6.45, 7) is 10.8. The lowest BCUT2D eigenvalue weighted by atomic mass is 9.92. The Hall–Kier alpha value is -4.39. The van der Waals surface area contributed by atoms with Gasteiger partial charge in [0.2, 0.25) is 5.60 Å². The first-order valence-electron chi connectivity index (χ1n) is 17.5. The zero-order valence-electron chi connectivity index (χ0n) is 31.5. The van der Waals surface area contributed by atoms with E-state index >= 15 is 0 Å². The van der Waals surface area contributed by atoms with Crippen LogP contribution in [0, 0.1) is 29.1 Å². The van der Waals surface area contributed by atoms with Crippen molar-refractivity contribution in [3.8, 4) is 6.07 Å². The highest BCUT2D eigenvalue weighted by atomic mass is 31.2. The molecule has 1 aromatic carbocycles. The van der Waals surface area contributed by atoms with Crippen LogP contribution < -0.4 is 10.8 Å². The number of ether oxygens (including phenoxy) is 4. The van der Waals surface area contributed by atoms with E-state index in [0.29, 0.717) is 11.1 Å². The summed E-state index contributed by atoms with van der Waals surface area (Å²) in [6.07, 6.45) is -0.521. The molecule has 0 spiro atoms. The average molecular weight is 759 g/mol. The molecule has 3 aromatic rings. The summed E-state index contributed by atoms with van der Waals surface area (Å²) in [7, 11) is -3.37. The highest BCUT2D eigenvalue weighted by Gasteiger charge is 2.52. The van der Waals surface area contributed by atoms with Crippen LogP contribution in [0.3, 0.4) is 0 Å². The monoisotopic (exact) mass is 758 g/mol. The van der Waals surface area contributed by atoms with Crippen molar-refractivity contribution in [2.24, 2.45) is 17.8 Å². The first-order valence-corrected chi connectivity index (χ1v) is 19.0. The minimum absolute atomic E-state index is 0.104. The molecule has 5 atom stereocenters. The number of methoxy groups -OCH3 is 1. The summed E-state index contributed by atoms with van der Waals surface area (Å²) < 4.78 is 50.7. The topological polar surface area (TPSA) is 216 Å². The third kappa shape index (κ3) is 11.3. The molecular formula is C36H51N6O10P. The number of nitrogens with two attached hydrogens (primary N) is 1. The fourth-order valence-corrected chi connectivity index (χ4v) is 6.44. The molecule has 0 aliphatic carbocycles. The molecule has 2 heterocycles. The molecule has 0 fully saturated rings. The van der Waals surface area contributed by atoms with Crippen LogP contribution in [0.15, 0.2) is 48.8 Å². The lowest BCUT2D eigenvalue weighted by Gasteiger charge is -2.38.